The van der Waals surface area contributed by atoms with E-state index in [0.717, 1.165) is 33.5 Å². The minimum atomic E-state index is -0.136. The van der Waals surface area contributed by atoms with Gasteiger partial charge in [0.2, 0.25) is 12.7 Å². The fourth-order valence-electron chi connectivity index (χ4n) is 2.71. The van der Waals surface area contributed by atoms with Crippen molar-refractivity contribution in [3.63, 3.8) is 0 Å². The third kappa shape index (κ3) is 4.55. The molecule has 1 aliphatic heterocycles. The molecular weight excluding hydrogens is 374 g/mol. The van der Waals surface area contributed by atoms with E-state index in [9.17, 15) is 4.79 Å². The number of amides is 1. The molecule has 0 radical (unpaired) electrons. The van der Waals surface area contributed by atoms with Crippen LogP contribution in [0.3, 0.4) is 0 Å². The van der Waals surface area contributed by atoms with Crippen molar-refractivity contribution in [1.29, 1.82) is 0 Å². The fraction of sp³-hybridized carbons (Fsp3) is 0.143. The Morgan fingerprint density at radius 1 is 1.18 bits per heavy atom. The lowest BCUT2D eigenvalue weighted by atomic mass is 10.2. The molecule has 0 saturated carbocycles. The second kappa shape index (κ2) is 8.67. The van der Waals surface area contributed by atoms with Gasteiger partial charge >= 0.3 is 0 Å². The maximum atomic E-state index is 12.0. The summed E-state index contributed by atoms with van der Waals surface area (Å²) in [5.74, 6) is 2.02. The molecule has 2 N–H and O–H groups in total. The summed E-state index contributed by atoms with van der Waals surface area (Å²) in [5.41, 5.74) is 2.97. The SMILES string of the molecule is O=C(C=Cc1ccc2c(c1)OCO2)NCCSc1ncc(-c2ccccc2)[nH]1. The number of nitrogens with one attached hydrogen (secondary N) is 2. The van der Waals surface area contributed by atoms with E-state index in [1.807, 2.05) is 54.7 Å². The van der Waals surface area contributed by atoms with E-state index in [1.165, 1.54) is 6.08 Å². The van der Waals surface area contributed by atoms with Crippen LogP contribution in [0, 0.1) is 0 Å². The molecule has 1 aliphatic rings. The van der Waals surface area contributed by atoms with E-state index < -0.39 is 0 Å². The molecule has 142 valence electrons. The van der Waals surface area contributed by atoms with Crippen molar-refractivity contribution in [2.24, 2.45) is 0 Å². The zero-order valence-corrected chi connectivity index (χ0v) is 15.9. The minimum Gasteiger partial charge on any atom is -0.454 e. The molecule has 2 heterocycles. The average molecular weight is 393 g/mol. The predicted octanol–water partition coefficient (Wildman–Crippen LogP) is 3.73. The molecule has 0 saturated heterocycles. The molecule has 0 bridgehead atoms. The zero-order valence-electron chi connectivity index (χ0n) is 15.1. The van der Waals surface area contributed by atoms with Crippen LogP contribution < -0.4 is 14.8 Å². The van der Waals surface area contributed by atoms with Crippen LogP contribution in [-0.4, -0.2) is 35.0 Å². The number of imidazole rings is 1. The van der Waals surface area contributed by atoms with Crippen molar-refractivity contribution in [3.05, 3.63) is 66.4 Å². The molecule has 1 amide bonds. The molecule has 3 aromatic rings. The Bertz CT molecular complexity index is 986. The zero-order chi connectivity index (χ0) is 19.2. The van der Waals surface area contributed by atoms with E-state index in [4.69, 9.17) is 9.47 Å². The van der Waals surface area contributed by atoms with Crippen molar-refractivity contribution in [2.45, 2.75) is 5.16 Å². The van der Waals surface area contributed by atoms with Gasteiger partial charge in [-0.05, 0) is 29.3 Å². The Morgan fingerprint density at radius 2 is 2.04 bits per heavy atom. The third-order valence-corrected chi connectivity index (χ3v) is 4.99. The summed E-state index contributed by atoms with van der Waals surface area (Å²) in [6.45, 7) is 0.791. The van der Waals surface area contributed by atoms with Gasteiger partial charge < -0.3 is 19.8 Å². The van der Waals surface area contributed by atoms with Crippen LogP contribution in [0.5, 0.6) is 11.5 Å². The molecule has 0 unspecified atom stereocenters. The molecule has 6 nitrogen and oxygen atoms in total. The number of ether oxygens (including phenoxy) is 2. The van der Waals surface area contributed by atoms with Gasteiger partial charge in [-0.2, -0.15) is 0 Å². The molecule has 0 aliphatic carbocycles. The molecule has 28 heavy (non-hydrogen) atoms. The Morgan fingerprint density at radius 3 is 2.93 bits per heavy atom. The predicted molar refractivity (Wildman–Crippen MR) is 109 cm³/mol. The topological polar surface area (TPSA) is 76.2 Å². The first-order valence-corrected chi connectivity index (χ1v) is 9.85. The Labute approximate surface area is 167 Å². The molecule has 0 fully saturated rings. The van der Waals surface area contributed by atoms with Crippen molar-refractivity contribution < 1.29 is 14.3 Å². The molecule has 2 aromatic carbocycles. The number of carbonyl (C=O) groups excluding carboxylic acids is 1. The molecule has 0 atom stereocenters. The number of hydrogen-bond acceptors (Lipinski definition) is 5. The highest BCUT2D eigenvalue weighted by Gasteiger charge is 2.12. The Kier molecular flexibility index (Phi) is 5.63. The van der Waals surface area contributed by atoms with Crippen molar-refractivity contribution in [3.8, 4) is 22.8 Å². The van der Waals surface area contributed by atoms with Crippen LogP contribution >= 0.6 is 11.8 Å². The van der Waals surface area contributed by atoms with Crippen LogP contribution in [0.2, 0.25) is 0 Å². The number of thioether (sulfide) groups is 1. The first-order valence-electron chi connectivity index (χ1n) is 8.87. The lowest BCUT2D eigenvalue weighted by Crippen LogP contribution is -2.23. The monoisotopic (exact) mass is 393 g/mol. The van der Waals surface area contributed by atoms with E-state index >= 15 is 0 Å². The lowest BCUT2D eigenvalue weighted by molar-refractivity contribution is -0.116. The summed E-state index contributed by atoms with van der Waals surface area (Å²) in [6.07, 6.45) is 5.09. The van der Waals surface area contributed by atoms with Gasteiger partial charge in [-0.15, -0.1) is 0 Å². The van der Waals surface area contributed by atoms with Gasteiger partial charge in [0.1, 0.15) is 0 Å². The highest BCUT2D eigenvalue weighted by Crippen LogP contribution is 2.32. The number of hydrogen-bond donors (Lipinski definition) is 2. The highest BCUT2D eigenvalue weighted by molar-refractivity contribution is 7.99. The largest absolute Gasteiger partial charge is 0.454 e. The first kappa shape index (κ1) is 18.2. The van der Waals surface area contributed by atoms with Crippen LogP contribution in [-0.2, 0) is 4.79 Å². The van der Waals surface area contributed by atoms with E-state index in [1.54, 1.807) is 17.8 Å². The summed E-state index contributed by atoms with van der Waals surface area (Å²) in [6, 6.07) is 15.6. The highest BCUT2D eigenvalue weighted by atomic mass is 32.2. The third-order valence-electron chi connectivity index (χ3n) is 4.10. The van der Waals surface area contributed by atoms with Crippen LogP contribution in [0.4, 0.5) is 0 Å². The smallest absolute Gasteiger partial charge is 0.244 e. The van der Waals surface area contributed by atoms with Gasteiger partial charge in [0.15, 0.2) is 16.7 Å². The molecular formula is C21H19N3O3S. The minimum absolute atomic E-state index is 0.136. The number of fused-ring (bicyclic) bond motifs is 1. The van der Waals surface area contributed by atoms with E-state index in [0.29, 0.717) is 12.3 Å². The number of nitrogens with zero attached hydrogens (tertiary/aromatic N) is 1. The molecule has 7 heteroatoms. The standard InChI is InChI=1S/C21H19N3O3S/c25-20(9-7-15-6-8-18-19(12-15)27-14-26-18)22-10-11-28-21-23-13-17(24-21)16-4-2-1-3-5-16/h1-9,12-13H,10-11,14H2,(H,22,25)(H,23,24). The van der Waals surface area contributed by atoms with Crippen molar-refractivity contribution >= 4 is 23.7 Å². The van der Waals surface area contributed by atoms with Crippen LogP contribution in [0.15, 0.2) is 66.0 Å². The number of carbonyl (C=O) groups is 1. The summed E-state index contributed by atoms with van der Waals surface area (Å²) >= 11 is 1.57. The first-order chi connectivity index (χ1) is 13.8. The number of rotatable bonds is 7. The quantitative estimate of drug-likeness (QED) is 0.363. The molecule has 0 spiro atoms. The maximum absolute atomic E-state index is 12.0. The van der Waals surface area contributed by atoms with Gasteiger partial charge in [0, 0.05) is 18.4 Å². The molecule has 4 rings (SSSR count). The van der Waals surface area contributed by atoms with Gasteiger partial charge in [0.05, 0.1) is 11.9 Å². The fourth-order valence-corrected chi connectivity index (χ4v) is 3.42. The average Bonchev–Trinajstić information content (AvgIpc) is 3.39. The van der Waals surface area contributed by atoms with Gasteiger partial charge in [0.25, 0.3) is 0 Å². The second-order valence-corrected chi connectivity index (χ2v) is 7.14. The van der Waals surface area contributed by atoms with Gasteiger partial charge in [-0.25, -0.2) is 4.98 Å². The summed E-state index contributed by atoms with van der Waals surface area (Å²) in [7, 11) is 0. The van der Waals surface area contributed by atoms with Gasteiger partial charge in [-0.1, -0.05) is 48.2 Å². The van der Waals surface area contributed by atoms with E-state index in [2.05, 4.69) is 15.3 Å². The number of benzene rings is 2. The number of aromatic nitrogens is 2. The van der Waals surface area contributed by atoms with Crippen molar-refractivity contribution in [2.75, 3.05) is 19.1 Å². The van der Waals surface area contributed by atoms with E-state index in [-0.39, 0.29) is 12.7 Å². The van der Waals surface area contributed by atoms with Crippen LogP contribution in [0.1, 0.15) is 5.56 Å². The summed E-state index contributed by atoms with van der Waals surface area (Å²) in [5, 5.41) is 3.71. The number of H-pyrrole nitrogens is 1. The number of aromatic amines is 1. The van der Waals surface area contributed by atoms with Crippen LogP contribution in [0.25, 0.3) is 17.3 Å². The summed E-state index contributed by atoms with van der Waals surface area (Å²) < 4.78 is 10.6. The maximum Gasteiger partial charge on any atom is 0.244 e. The Balaban J connectivity index is 1.21. The van der Waals surface area contributed by atoms with Crippen molar-refractivity contribution in [1.82, 2.24) is 15.3 Å². The molecule has 1 aromatic heterocycles. The Hall–Kier alpha value is -3.19. The summed E-state index contributed by atoms with van der Waals surface area (Å²) in [4.78, 5) is 19.6. The normalized spacial score (nSPS) is 12.4. The van der Waals surface area contributed by atoms with Gasteiger partial charge in [-0.3, -0.25) is 4.79 Å². The second-order valence-electron chi connectivity index (χ2n) is 6.05. The lowest BCUT2D eigenvalue weighted by Gasteiger charge is -2.01.